The largest absolute Gasteiger partial charge is 0.472 e. The highest BCUT2D eigenvalue weighted by molar-refractivity contribution is 7.47. The van der Waals surface area contributed by atoms with Gasteiger partial charge in [-0.1, -0.05) is 388 Å². The van der Waals surface area contributed by atoms with Crippen molar-refractivity contribution in [1.29, 1.82) is 0 Å². The average Bonchev–Trinajstić information content (AvgIpc) is 0.948. The predicted octanol–water partition coefficient (Wildman–Crippen LogP) is 24.8. The molecule has 0 fully saturated rings. The third kappa shape index (κ3) is 76.1. The van der Waals surface area contributed by atoms with Crippen LogP contribution in [0.25, 0.3) is 0 Å². The molecule has 0 radical (unpaired) electrons. The van der Waals surface area contributed by atoms with Gasteiger partial charge in [0.2, 0.25) is 0 Å². The highest BCUT2D eigenvalue weighted by atomic mass is 31.2. The third-order valence-electron chi connectivity index (χ3n) is 19.3. The number of carbonyl (C=O) groups excluding carboxylic acids is 4. The number of rotatable bonds is 82. The van der Waals surface area contributed by atoms with Crippen molar-refractivity contribution in [3.63, 3.8) is 0 Å². The molecule has 0 spiro atoms. The quantitative estimate of drug-likeness (QED) is 0.0222. The van der Waals surface area contributed by atoms with Crippen molar-refractivity contribution in [3.05, 3.63) is 0 Å². The van der Waals surface area contributed by atoms with E-state index in [0.717, 1.165) is 95.8 Å². The van der Waals surface area contributed by atoms with Gasteiger partial charge >= 0.3 is 39.5 Å². The monoisotopic (exact) mass is 1480 g/mol. The van der Waals surface area contributed by atoms with Gasteiger partial charge in [0.1, 0.15) is 19.3 Å². The fourth-order valence-electron chi connectivity index (χ4n) is 12.8. The minimum Gasteiger partial charge on any atom is -0.462 e. The van der Waals surface area contributed by atoms with Gasteiger partial charge in [0, 0.05) is 25.7 Å². The Bertz CT molecular complexity index is 1930. The van der Waals surface area contributed by atoms with Crippen molar-refractivity contribution in [1.82, 2.24) is 0 Å². The molecule has 0 saturated carbocycles. The molecule has 0 aromatic carbocycles. The summed E-state index contributed by atoms with van der Waals surface area (Å²) in [6, 6.07) is 0. The number of aliphatic hydroxyl groups is 1. The van der Waals surface area contributed by atoms with Crippen LogP contribution < -0.4 is 0 Å². The van der Waals surface area contributed by atoms with E-state index in [1.54, 1.807) is 0 Å². The maximum Gasteiger partial charge on any atom is 0.472 e. The molecule has 0 aliphatic rings. The normalized spacial score (nSPS) is 13.8. The Morgan fingerprint density at radius 1 is 0.267 bits per heavy atom. The number of hydrogen-bond acceptors (Lipinski definition) is 15. The van der Waals surface area contributed by atoms with Crippen LogP contribution in [-0.2, 0) is 65.4 Å². The Kier molecular flexibility index (Phi) is 73.5. The van der Waals surface area contributed by atoms with Crippen LogP contribution in [0.4, 0.5) is 0 Å². The molecule has 0 heterocycles. The number of unbranched alkanes of at least 4 members (excludes halogenated alkanes) is 54. The maximum absolute atomic E-state index is 13.1. The second kappa shape index (κ2) is 74.9. The second-order valence-corrected chi connectivity index (χ2v) is 32.9. The first-order valence-electron chi connectivity index (χ1n) is 42.6. The maximum atomic E-state index is 13.1. The molecular weight excluding hydrogens is 1320 g/mol. The molecule has 101 heavy (non-hydrogen) atoms. The predicted molar refractivity (Wildman–Crippen MR) is 414 cm³/mol. The SMILES string of the molecule is CCCCCCCCCCCCCCCCCCCCCCCC(=O)O[C@H](COC(=O)CCCCCCCCCCCCCCCCCCCCC)COP(=O)(O)OC[C@@H](O)COP(=O)(O)OC[C@@H](COC(=O)CCCCCCCCCCCC)OC(=O)CCCCCCCCCCC(C)C. The molecule has 0 aromatic heterocycles. The van der Waals surface area contributed by atoms with Gasteiger partial charge in [-0.05, 0) is 31.6 Å². The Morgan fingerprint density at radius 2 is 0.455 bits per heavy atom. The smallest absolute Gasteiger partial charge is 0.462 e. The highest BCUT2D eigenvalue weighted by Crippen LogP contribution is 2.45. The van der Waals surface area contributed by atoms with Crippen molar-refractivity contribution in [2.75, 3.05) is 39.6 Å². The van der Waals surface area contributed by atoms with E-state index in [2.05, 4.69) is 34.6 Å². The number of carbonyl (C=O) groups is 4. The van der Waals surface area contributed by atoms with Crippen molar-refractivity contribution in [2.24, 2.45) is 5.92 Å². The molecule has 2 unspecified atom stereocenters. The van der Waals surface area contributed by atoms with Gasteiger partial charge in [0.05, 0.1) is 26.4 Å². The lowest BCUT2D eigenvalue weighted by Crippen LogP contribution is -2.30. The zero-order valence-corrected chi connectivity index (χ0v) is 67.8. The molecule has 19 heteroatoms. The van der Waals surface area contributed by atoms with Crippen LogP contribution in [-0.4, -0.2) is 96.7 Å². The molecule has 600 valence electrons. The molecule has 17 nitrogen and oxygen atoms in total. The number of esters is 4. The van der Waals surface area contributed by atoms with Gasteiger partial charge in [0.25, 0.3) is 0 Å². The van der Waals surface area contributed by atoms with Crippen molar-refractivity contribution in [3.8, 4) is 0 Å². The van der Waals surface area contributed by atoms with Gasteiger partial charge in [-0.3, -0.25) is 37.3 Å². The average molecular weight is 1480 g/mol. The Morgan fingerprint density at radius 3 is 0.673 bits per heavy atom. The van der Waals surface area contributed by atoms with E-state index in [0.29, 0.717) is 25.7 Å². The second-order valence-electron chi connectivity index (χ2n) is 30.0. The molecule has 0 bridgehead atoms. The topological polar surface area (TPSA) is 237 Å². The van der Waals surface area contributed by atoms with Gasteiger partial charge in [-0.15, -0.1) is 0 Å². The summed E-state index contributed by atoms with van der Waals surface area (Å²) in [7, 11) is -9.92. The first kappa shape index (κ1) is 99.1. The molecule has 0 saturated heterocycles. The fourth-order valence-corrected chi connectivity index (χ4v) is 14.3. The minimum atomic E-state index is -4.96. The van der Waals surface area contributed by atoms with E-state index in [-0.39, 0.29) is 25.7 Å². The van der Waals surface area contributed by atoms with E-state index in [4.69, 9.17) is 37.0 Å². The minimum absolute atomic E-state index is 0.105. The summed E-state index contributed by atoms with van der Waals surface area (Å²) in [4.78, 5) is 73.0. The molecule has 0 amide bonds. The number of ether oxygens (including phenoxy) is 4. The zero-order valence-electron chi connectivity index (χ0n) is 66.1. The molecule has 5 atom stereocenters. The zero-order chi connectivity index (χ0) is 74.1. The first-order chi connectivity index (χ1) is 49.0. The van der Waals surface area contributed by atoms with Gasteiger partial charge in [-0.2, -0.15) is 0 Å². The standard InChI is InChI=1S/C82H160O17P2/c1-6-9-12-15-18-21-24-26-28-30-32-33-35-37-39-41-43-46-52-57-62-67-81(86)98-77(71-93-80(85)66-61-56-51-45-42-40-38-36-34-31-29-27-25-22-19-16-13-10-7-2)73-96-100(88,89)94-69-76(83)70-95-101(90,91)97-74-78(72-92-79(84)65-60-55-50-44-23-20-17-14-11-8-3)99-82(87)68-63-58-53-48-47-49-54-59-64-75(4)5/h75-78,83H,6-74H2,1-5H3,(H,88,89)(H,90,91)/t76-,77-,78-/m1/s1. The molecule has 0 aliphatic heterocycles. The molecule has 0 aromatic rings. The van der Waals surface area contributed by atoms with Crippen LogP contribution >= 0.6 is 15.6 Å². The molecular formula is C82H160O17P2. The van der Waals surface area contributed by atoms with Crippen LogP contribution in [0.2, 0.25) is 0 Å². The van der Waals surface area contributed by atoms with Crippen molar-refractivity contribution >= 4 is 39.5 Å². The van der Waals surface area contributed by atoms with Crippen LogP contribution in [0.5, 0.6) is 0 Å². The summed E-state index contributed by atoms with van der Waals surface area (Å²) in [5.41, 5.74) is 0. The van der Waals surface area contributed by atoms with E-state index in [9.17, 15) is 43.2 Å². The summed E-state index contributed by atoms with van der Waals surface area (Å²) in [6.07, 6.45) is 66.8. The highest BCUT2D eigenvalue weighted by Gasteiger charge is 2.30. The number of aliphatic hydroxyl groups excluding tert-OH is 1. The van der Waals surface area contributed by atoms with Crippen LogP contribution in [0, 0.1) is 5.92 Å². The lowest BCUT2D eigenvalue weighted by atomic mass is 10.0. The molecule has 0 rings (SSSR count). The Labute approximate surface area is 619 Å². The summed E-state index contributed by atoms with van der Waals surface area (Å²) < 4.78 is 68.7. The van der Waals surface area contributed by atoms with E-state index in [1.807, 2.05) is 0 Å². The summed E-state index contributed by atoms with van der Waals surface area (Å²) in [6.45, 7) is 7.28. The lowest BCUT2D eigenvalue weighted by molar-refractivity contribution is -0.161. The van der Waals surface area contributed by atoms with Gasteiger partial charge in [0.15, 0.2) is 12.2 Å². The third-order valence-corrected chi connectivity index (χ3v) is 21.2. The van der Waals surface area contributed by atoms with E-state index in [1.165, 1.54) is 263 Å². The van der Waals surface area contributed by atoms with Crippen molar-refractivity contribution in [2.45, 2.75) is 457 Å². The van der Waals surface area contributed by atoms with Crippen LogP contribution in [0.15, 0.2) is 0 Å². The summed E-state index contributed by atoms with van der Waals surface area (Å²) in [5.74, 6) is -1.39. The number of hydrogen-bond donors (Lipinski definition) is 3. The number of phosphoric acid groups is 2. The van der Waals surface area contributed by atoms with Crippen LogP contribution in [0.1, 0.15) is 439 Å². The van der Waals surface area contributed by atoms with E-state index >= 15 is 0 Å². The summed E-state index contributed by atoms with van der Waals surface area (Å²) in [5, 5.41) is 10.6. The van der Waals surface area contributed by atoms with Crippen LogP contribution in [0.3, 0.4) is 0 Å². The lowest BCUT2D eigenvalue weighted by Gasteiger charge is -2.21. The van der Waals surface area contributed by atoms with Crippen molar-refractivity contribution < 1.29 is 80.2 Å². The van der Waals surface area contributed by atoms with E-state index < -0.39 is 97.5 Å². The molecule has 3 N–H and O–H groups in total. The summed E-state index contributed by atoms with van der Waals surface area (Å²) >= 11 is 0. The number of phosphoric ester groups is 2. The molecule has 0 aliphatic carbocycles. The van der Waals surface area contributed by atoms with Gasteiger partial charge in [-0.25, -0.2) is 9.13 Å². The van der Waals surface area contributed by atoms with Gasteiger partial charge < -0.3 is 33.8 Å². The fraction of sp³-hybridized carbons (Fsp3) is 0.951. The first-order valence-corrected chi connectivity index (χ1v) is 45.6. The Hall–Kier alpha value is -1.94. The Balaban J connectivity index is 5.19.